The van der Waals surface area contributed by atoms with E-state index in [4.69, 9.17) is 0 Å². The molecule has 4 nitrogen and oxygen atoms in total. The fraction of sp³-hybridized carbons (Fsp3) is 0.650. The highest BCUT2D eigenvalue weighted by molar-refractivity contribution is 14.0. The molecule has 2 fully saturated rings. The molecule has 1 aliphatic carbocycles. The van der Waals surface area contributed by atoms with Crippen molar-refractivity contribution in [3.63, 3.8) is 0 Å². The molecule has 0 radical (unpaired) electrons. The zero-order valence-corrected chi connectivity index (χ0v) is 17.8. The summed E-state index contributed by atoms with van der Waals surface area (Å²) in [6.07, 6.45) is 8.21. The van der Waals surface area contributed by atoms with Gasteiger partial charge in [0.25, 0.3) is 0 Å². The van der Waals surface area contributed by atoms with E-state index in [1.54, 1.807) is 0 Å². The van der Waals surface area contributed by atoms with Gasteiger partial charge in [-0.15, -0.1) is 24.0 Å². The Morgan fingerprint density at radius 3 is 2.36 bits per heavy atom. The Bertz CT molecular complexity index is 519. The molecule has 2 aliphatic rings. The largest absolute Gasteiger partial charge is 0.356 e. The second-order valence-electron chi connectivity index (χ2n) is 7.24. The zero-order chi connectivity index (χ0) is 16.6. The molecule has 0 amide bonds. The molecule has 1 heterocycles. The summed E-state index contributed by atoms with van der Waals surface area (Å²) < 4.78 is 0. The highest BCUT2D eigenvalue weighted by atomic mass is 127. The maximum Gasteiger partial charge on any atom is 0.191 e. The quantitative estimate of drug-likeness (QED) is 0.373. The third-order valence-corrected chi connectivity index (χ3v) is 5.10. The molecule has 2 N–H and O–H groups in total. The van der Waals surface area contributed by atoms with E-state index in [1.165, 1.54) is 62.7 Å². The van der Waals surface area contributed by atoms with Crippen molar-refractivity contribution in [2.75, 3.05) is 26.7 Å². The van der Waals surface area contributed by atoms with Crippen LogP contribution >= 0.6 is 24.0 Å². The van der Waals surface area contributed by atoms with E-state index in [-0.39, 0.29) is 24.0 Å². The van der Waals surface area contributed by atoms with Crippen molar-refractivity contribution in [3.8, 4) is 0 Å². The second-order valence-corrected chi connectivity index (χ2v) is 7.24. The lowest BCUT2D eigenvalue weighted by atomic mass is 10.1. The molecule has 3 rings (SSSR count). The van der Waals surface area contributed by atoms with Crippen molar-refractivity contribution in [2.45, 2.75) is 51.6 Å². The van der Waals surface area contributed by atoms with Crippen LogP contribution in [0.3, 0.4) is 0 Å². The van der Waals surface area contributed by atoms with Crippen molar-refractivity contribution in [1.29, 1.82) is 0 Å². The smallest absolute Gasteiger partial charge is 0.191 e. The zero-order valence-electron chi connectivity index (χ0n) is 15.5. The van der Waals surface area contributed by atoms with Crippen molar-refractivity contribution >= 4 is 29.9 Å². The first kappa shape index (κ1) is 20.5. The van der Waals surface area contributed by atoms with Gasteiger partial charge < -0.3 is 10.6 Å². The third-order valence-electron chi connectivity index (χ3n) is 5.10. The van der Waals surface area contributed by atoms with Crippen LogP contribution in [-0.2, 0) is 13.1 Å². The van der Waals surface area contributed by atoms with Crippen LogP contribution in [0.25, 0.3) is 0 Å². The molecule has 0 unspecified atom stereocenters. The Labute approximate surface area is 169 Å². The number of piperidine rings is 1. The molecule has 25 heavy (non-hydrogen) atoms. The molecule has 1 aliphatic heterocycles. The summed E-state index contributed by atoms with van der Waals surface area (Å²) in [7, 11) is 1.84. The highest BCUT2D eigenvalue weighted by Crippen LogP contribution is 2.31. The molecule has 1 saturated carbocycles. The van der Waals surface area contributed by atoms with Gasteiger partial charge in [0, 0.05) is 26.7 Å². The topological polar surface area (TPSA) is 39.7 Å². The summed E-state index contributed by atoms with van der Waals surface area (Å²) in [5.74, 6) is 1.87. The maximum absolute atomic E-state index is 4.30. The first-order valence-corrected chi connectivity index (χ1v) is 9.58. The number of aliphatic imine (C=N–C) groups is 1. The summed E-state index contributed by atoms with van der Waals surface area (Å²) in [5.41, 5.74) is 2.73. The molecule has 0 aromatic heterocycles. The predicted octanol–water partition coefficient (Wildman–Crippen LogP) is 3.76. The van der Waals surface area contributed by atoms with Crippen LogP contribution in [0.1, 0.15) is 49.7 Å². The van der Waals surface area contributed by atoms with Crippen LogP contribution in [0, 0.1) is 5.92 Å². The second kappa shape index (κ2) is 11.0. The first-order chi connectivity index (χ1) is 11.8. The lowest BCUT2D eigenvalue weighted by Gasteiger charge is -2.26. The Hall–Kier alpha value is -0.820. The Balaban J connectivity index is 0.00000225. The van der Waals surface area contributed by atoms with Crippen LogP contribution < -0.4 is 10.6 Å². The van der Waals surface area contributed by atoms with E-state index in [0.717, 1.165) is 31.5 Å². The van der Waals surface area contributed by atoms with E-state index in [2.05, 4.69) is 44.8 Å². The van der Waals surface area contributed by atoms with Crippen molar-refractivity contribution in [3.05, 3.63) is 35.4 Å². The van der Waals surface area contributed by atoms with Gasteiger partial charge in [-0.3, -0.25) is 9.89 Å². The molecular formula is C20H33IN4. The van der Waals surface area contributed by atoms with E-state index in [1.807, 2.05) is 7.05 Å². The van der Waals surface area contributed by atoms with Gasteiger partial charge in [-0.2, -0.15) is 0 Å². The number of rotatable bonds is 7. The van der Waals surface area contributed by atoms with Crippen LogP contribution in [0.15, 0.2) is 29.3 Å². The van der Waals surface area contributed by atoms with E-state index in [9.17, 15) is 0 Å². The normalized spacial score (nSPS) is 18.5. The minimum absolute atomic E-state index is 0. The summed E-state index contributed by atoms with van der Waals surface area (Å²) in [5, 5.41) is 6.82. The number of nitrogens with zero attached hydrogens (tertiary/aromatic N) is 2. The van der Waals surface area contributed by atoms with Crippen LogP contribution in [0.5, 0.6) is 0 Å². The fourth-order valence-corrected chi connectivity index (χ4v) is 3.35. The number of hydrogen-bond donors (Lipinski definition) is 2. The van der Waals surface area contributed by atoms with Gasteiger partial charge in [0.05, 0.1) is 0 Å². The lowest BCUT2D eigenvalue weighted by molar-refractivity contribution is 0.221. The molecule has 1 saturated heterocycles. The number of hydrogen-bond acceptors (Lipinski definition) is 2. The minimum Gasteiger partial charge on any atom is -0.356 e. The van der Waals surface area contributed by atoms with Gasteiger partial charge in [-0.05, 0) is 49.4 Å². The van der Waals surface area contributed by atoms with Crippen molar-refractivity contribution in [2.24, 2.45) is 10.9 Å². The Kier molecular flexibility index (Phi) is 9.03. The van der Waals surface area contributed by atoms with E-state index >= 15 is 0 Å². The molecule has 140 valence electrons. The van der Waals surface area contributed by atoms with Gasteiger partial charge in [-0.1, -0.05) is 43.5 Å². The van der Waals surface area contributed by atoms with Gasteiger partial charge in [-0.25, -0.2) is 0 Å². The monoisotopic (exact) mass is 456 g/mol. The number of likely N-dealkylation sites (tertiary alicyclic amines) is 1. The summed E-state index contributed by atoms with van der Waals surface area (Å²) in [6.45, 7) is 5.46. The molecule has 0 atom stereocenters. The fourth-order valence-electron chi connectivity index (χ4n) is 3.35. The predicted molar refractivity (Wildman–Crippen MR) is 117 cm³/mol. The van der Waals surface area contributed by atoms with Gasteiger partial charge in [0.2, 0.25) is 0 Å². The number of benzene rings is 1. The van der Waals surface area contributed by atoms with Crippen LogP contribution in [0.4, 0.5) is 0 Å². The number of nitrogens with one attached hydrogen (secondary N) is 2. The van der Waals surface area contributed by atoms with Crippen molar-refractivity contribution in [1.82, 2.24) is 15.5 Å². The maximum atomic E-state index is 4.30. The molecule has 1 aromatic rings. The highest BCUT2D eigenvalue weighted by Gasteiger charge is 2.20. The Morgan fingerprint density at radius 2 is 1.72 bits per heavy atom. The van der Waals surface area contributed by atoms with Gasteiger partial charge in [0.1, 0.15) is 0 Å². The number of halogens is 1. The molecule has 0 bridgehead atoms. The van der Waals surface area contributed by atoms with Gasteiger partial charge in [0.15, 0.2) is 5.96 Å². The summed E-state index contributed by atoms with van der Waals surface area (Å²) >= 11 is 0. The summed E-state index contributed by atoms with van der Waals surface area (Å²) in [6, 6.07) is 9.03. The lowest BCUT2D eigenvalue weighted by Crippen LogP contribution is -2.37. The van der Waals surface area contributed by atoms with E-state index in [0.29, 0.717) is 0 Å². The van der Waals surface area contributed by atoms with E-state index < -0.39 is 0 Å². The van der Waals surface area contributed by atoms with Crippen LogP contribution in [-0.4, -0.2) is 37.5 Å². The standard InChI is InChI=1S/C20H32N4.HI/c1-21-20(22-12-11-17-5-6-17)23-15-18-7-9-19(10-8-18)16-24-13-3-2-4-14-24;/h7-10,17H,2-6,11-16H2,1H3,(H2,21,22,23);1H. The SMILES string of the molecule is CN=C(NCCC1CC1)NCc1ccc(CN2CCCCC2)cc1.I. The summed E-state index contributed by atoms with van der Waals surface area (Å²) in [4.78, 5) is 6.87. The van der Waals surface area contributed by atoms with Crippen LogP contribution in [0.2, 0.25) is 0 Å². The Morgan fingerprint density at radius 1 is 1.04 bits per heavy atom. The average molecular weight is 456 g/mol. The first-order valence-electron chi connectivity index (χ1n) is 9.58. The average Bonchev–Trinajstić information content (AvgIpc) is 3.44. The molecule has 1 aromatic carbocycles. The number of guanidine groups is 1. The third kappa shape index (κ3) is 7.52. The minimum atomic E-state index is 0. The van der Waals surface area contributed by atoms with Crippen molar-refractivity contribution < 1.29 is 0 Å². The molecular weight excluding hydrogens is 423 g/mol. The van der Waals surface area contributed by atoms with Gasteiger partial charge >= 0.3 is 0 Å². The molecule has 0 spiro atoms. The molecule has 5 heteroatoms.